The van der Waals surface area contributed by atoms with Gasteiger partial charge in [-0.05, 0) is 12.1 Å². The summed E-state index contributed by atoms with van der Waals surface area (Å²) >= 11 is 0. The molecule has 13 heavy (non-hydrogen) atoms. The second-order valence-corrected chi connectivity index (χ2v) is 2.01. The van der Waals surface area contributed by atoms with E-state index in [0.29, 0.717) is 0 Å². The Morgan fingerprint density at radius 3 is 2.38 bits per heavy atom. The van der Waals surface area contributed by atoms with E-state index in [1.54, 1.807) is 12.1 Å². The molecule has 0 fully saturated rings. The average Bonchev–Trinajstić information content (AvgIpc) is 2.04. The Morgan fingerprint density at radius 2 is 1.92 bits per heavy atom. The molecule has 0 unspecified atom stereocenters. The Morgan fingerprint density at radius 1 is 1.38 bits per heavy atom. The molecular formula is C8H10KNaO3. The van der Waals surface area contributed by atoms with Gasteiger partial charge in [0.1, 0.15) is 11.3 Å². The van der Waals surface area contributed by atoms with Crippen LogP contribution in [-0.2, 0) is 4.74 Å². The van der Waals surface area contributed by atoms with Gasteiger partial charge in [-0.15, -0.1) is 0 Å². The predicted octanol–water partition coefficient (Wildman–Crippen LogP) is -0.118. The molecule has 0 spiro atoms. The van der Waals surface area contributed by atoms with Crippen molar-refractivity contribution in [3.05, 3.63) is 29.8 Å². The Hall–Kier alpha value is 1.13. The van der Waals surface area contributed by atoms with Crippen molar-refractivity contribution in [2.24, 2.45) is 0 Å². The first-order chi connectivity index (χ1) is 5.25. The summed E-state index contributed by atoms with van der Waals surface area (Å²) < 4.78 is 4.42. The Labute approximate surface area is 142 Å². The zero-order valence-corrected chi connectivity index (χ0v) is 6.07. The number of phenols is 1. The Kier molecular flexibility index (Phi) is 10.7. The molecule has 0 heterocycles. The standard InChI is InChI=1S/C8H8O3.K.Na.2H/c1-11-8(10)6-4-2-3-5-7(6)9;;;;/h2-5,9H,1H3;;;;. The van der Waals surface area contributed by atoms with E-state index >= 15 is 0 Å². The van der Waals surface area contributed by atoms with E-state index in [9.17, 15) is 4.79 Å². The molecule has 0 atom stereocenters. The van der Waals surface area contributed by atoms with E-state index in [1.807, 2.05) is 0 Å². The van der Waals surface area contributed by atoms with Crippen LogP contribution >= 0.6 is 0 Å². The van der Waals surface area contributed by atoms with Gasteiger partial charge in [-0.25, -0.2) is 4.79 Å². The Bertz CT molecular complexity index is 278. The molecule has 0 aliphatic carbocycles. The van der Waals surface area contributed by atoms with E-state index in [2.05, 4.69) is 4.74 Å². The fourth-order valence-electron chi connectivity index (χ4n) is 0.756. The van der Waals surface area contributed by atoms with E-state index in [-0.39, 0.29) is 92.3 Å². The fraction of sp³-hybridized carbons (Fsp3) is 0.125. The number of carbonyl (C=O) groups is 1. The number of carbonyl (C=O) groups excluding carboxylic acids is 1. The molecule has 62 valence electrons. The SMILES string of the molecule is COC(=O)c1ccccc1O.[KH].[NaH]. The minimum atomic E-state index is -0.525. The summed E-state index contributed by atoms with van der Waals surface area (Å²) in [5.41, 5.74) is 0.190. The van der Waals surface area contributed by atoms with Crippen LogP contribution in [0.25, 0.3) is 0 Å². The summed E-state index contributed by atoms with van der Waals surface area (Å²) in [6, 6.07) is 6.24. The molecule has 0 aliphatic heterocycles. The van der Waals surface area contributed by atoms with Gasteiger partial charge in [0.05, 0.1) is 7.11 Å². The van der Waals surface area contributed by atoms with Crippen molar-refractivity contribution in [3.63, 3.8) is 0 Å². The van der Waals surface area contributed by atoms with E-state index in [4.69, 9.17) is 5.11 Å². The number of benzene rings is 1. The molecule has 0 radical (unpaired) electrons. The molecule has 1 aromatic rings. The average molecular weight is 216 g/mol. The molecule has 0 amide bonds. The molecule has 1 aromatic carbocycles. The summed E-state index contributed by atoms with van der Waals surface area (Å²) in [6.07, 6.45) is 0. The maximum absolute atomic E-state index is 10.9. The molecule has 1 rings (SSSR count). The predicted molar refractivity (Wildman–Crippen MR) is 53.7 cm³/mol. The van der Waals surface area contributed by atoms with Gasteiger partial charge < -0.3 is 9.84 Å². The maximum atomic E-state index is 10.9. The molecule has 3 nitrogen and oxygen atoms in total. The minimum absolute atomic E-state index is 0. The number of hydrogen-bond acceptors (Lipinski definition) is 3. The summed E-state index contributed by atoms with van der Waals surface area (Å²) in [5, 5.41) is 9.11. The molecule has 1 N–H and O–H groups in total. The third-order valence-corrected chi connectivity index (χ3v) is 1.31. The second kappa shape index (κ2) is 8.44. The first-order valence-corrected chi connectivity index (χ1v) is 3.12. The van der Waals surface area contributed by atoms with Gasteiger partial charge in [0, 0.05) is 0 Å². The number of phenolic OH excluding ortho intramolecular Hbond substituents is 1. The van der Waals surface area contributed by atoms with Crippen molar-refractivity contribution in [1.29, 1.82) is 0 Å². The van der Waals surface area contributed by atoms with Gasteiger partial charge in [-0.1, -0.05) is 12.1 Å². The van der Waals surface area contributed by atoms with Gasteiger partial charge in [-0.3, -0.25) is 0 Å². The van der Waals surface area contributed by atoms with E-state index in [0.717, 1.165) is 0 Å². The van der Waals surface area contributed by atoms with Crippen molar-refractivity contribution < 1.29 is 14.6 Å². The summed E-state index contributed by atoms with van der Waals surface area (Å²) in [6.45, 7) is 0. The van der Waals surface area contributed by atoms with Crippen LogP contribution < -0.4 is 0 Å². The summed E-state index contributed by atoms with van der Waals surface area (Å²) in [7, 11) is 1.27. The molecule has 0 saturated heterocycles. The van der Waals surface area contributed by atoms with E-state index in [1.165, 1.54) is 19.2 Å². The third-order valence-electron chi connectivity index (χ3n) is 1.31. The topological polar surface area (TPSA) is 46.5 Å². The normalized spacial score (nSPS) is 7.77. The van der Waals surface area contributed by atoms with Gasteiger partial charge in [0.15, 0.2) is 0 Å². The van der Waals surface area contributed by atoms with Crippen LogP contribution in [0.1, 0.15) is 10.4 Å². The summed E-state index contributed by atoms with van der Waals surface area (Å²) in [5.74, 6) is -0.581. The van der Waals surface area contributed by atoms with Gasteiger partial charge in [-0.2, -0.15) is 0 Å². The number of rotatable bonds is 1. The molecule has 0 aliphatic rings. The van der Waals surface area contributed by atoms with Crippen LogP contribution in [0.4, 0.5) is 0 Å². The molecule has 0 aromatic heterocycles. The van der Waals surface area contributed by atoms with Gasteiger partial charge in [0.2, 0.25) is 0 Å². The molecule has 5 heteroatoms. The number of esters is 1. The van der Waals surface area contributed by atoms with Crippen molar-refractivity contribution >= 4 is 86.9 Å². The fourth-order valence-corrected chi connectivity index (χ4v) is 0.756. The van der Waals surface area contributed by atoms with Crippen LogP contribution in [-0.4, -0.2) is 99.1 Å². The number of methoxy groups -OCH3 is 1. The van der Waals surface area contributed by atoms with Crippen molar-refractivity contribution in [3.8, 4) is 5.75 Å². The molecule has 0 saturated carbocycles. The number of aromatic hydroxyl groups is 1. The van der Waals surface area contributed by atoms with E-state index < -0.39 is 5.97 Å². The van der Waals surface area contributed by atoms with Crippen LogP contribution in [0, 0.1) is 0 Å². The number of ether oxygens (including phenoxy) is 1. The van der Waals surface area contributed by atoms with Gasteiger partial charge in [0.25, 0.3) is 0 Å². The summed E-state index contributed by atoms with van der Waals surface area (Å²) in [4.78, 5) is 10.9. The van der Waals surface area contributed by atoms with Crippen molar-refractivity contribution in [1.82, 2.24) is 0 Å². The third kappa shape index (κ3) is 4.95. The van der Waals surface area contributed by atoms with Crippen LogP contribution in [0.5, 0.6) is 5.75 Å². The number of para-hydroxylation sites is 1. The monoisotopic (exact) mass is 216 g/mol. The zero-order chi connectivity index (χ0) is 8.27. The first kappa shape index (κ1) is 16.6. The van der Waals surface area contributed by atoms with Crippen LogP contribution in [0.2, 0.25) is 0 Å². The quantitative estimate of drug-likeness (QED) is 0.526. The van der Waals surface area contributed by atoms with Crippen molar-refractivity contribution in [2.45, 2.75) is 0 Å². The van der Waals surface area contributed by atoms with Crippen LogP contribution in [0.15, 0.2) is 24.3 Å². The van der Waals surface area contributed by atoms with Crippen LogP contribution in [0.3, 0.4) is 0 Å². The molecular weight excluding hydrogens is 206 g/mol. The number of hydrogen-bond donors (Lipinski definition) is 1. The second-order valence-electron chi connectivity index (χ2n) is 2.01. The first-order valence-electron chi connectivity index (χ1n) is 3.12. The van der Waals surface area contributed by atoms with Gasteiger partial charge >= 0.3 is 86.9 Å². The zero-order valence-electron chi connectivity index (χ0n) is 6.07. The molecule has 0 bridgehead atoms. The van der Waals surface area contributed by atoms with Crippen molar-refractivity contribution in [2.75, 3.05) is 7.11 Å². The Balaban J connectivity index is 0.